The highest BCUT2D eigenvalue weighted by Gasteiger charge is 2.16. The Hall–Kier alpha value is -1.29. The molecule has 18 heavy (non-hydrogen) atoms. The van der Waals surface area contributed by atoms with Crippen LogP contribution in [0.4, 0.5) is 5.82 Å². The Morgan fingerprint density at radius 3 is 2.61 bits per heavy atom. The monoisotopic (exact) mass is 281 g/mol. The van der Waals surface area contributed by atoms with Gasteiger partial charge in [0.25, 0.3) is 0 Å². The summed E-state index contributed by atoms with van der Waals surface area (Å²) in [5.74, 6) is 0.503. The summed E-state index contributed by atoms with van der Waals surface area (Å²) in [4.78, 5) is 4.09. The Morgan fingerprint density at radius 2 is 2.00 bits per heavy atom. The van der Waals surface area contributed by atoms with Crippen molar-refractivity contribution in [2.45, 2.75) is 6.04 Å². The van der Waals surface area contributed by atoms with Gasteiger partial charge in [0.1, 0.15) is 5.82 Å². The predicted octanol–water partition coefficient (Wildman–Crippen LogP) is 3.28. The van der Waals surface area contributed by atoms with Gasteiger partial charge in [-0.25, -0.2) is 4.98 Å². The van der Waals surface area contributed by atoms with Crippen LogP contribution in [0, 0.1) is 0 Å². The fourth-order valence-corrected chi connectivity index (χ4v) is 2.17. The summed E-state index contributed by atoms with van der Waals surface area (Å²) in [5, 5.41) is 4.26. The number of nitrogen functional groups attached to an aromatic ring is 1. The molecule has 0 aliphatic carbocycles. The van der Waals surface area contributed by atoms with E-state index in [2.05, 4.69) is 10.3 Å². The maximum atomic E-state index is 6.04. The van der Waals surface area contributed by atoms with E-state index in [9.17, 15) is 0 Å². The SMILES string of the molecule is CNC(c1ccc(Cl)c(Cl)c1)c1cccnc1N. The normalized spacial score (nSPS) is 12.4. The van der Waals surface area contributed by atoms with Crippen LogP contribution in [0.2, 0.25) is 10.0 Å². The third-order valence-electron chi connectivity index (χ3n) is 2.75. The van der Waals surface area contributed by atoms with Crippen LogP contribution in [0.1, 0.15) is 17.2 Å². The Balaban J connectivity index is 2.45. The Kier molecular flexibility index (Phi) is 4.07. The van der Waals surface area contributed by atoms with Gasteiger partial charge in [0, 0.05) is 11.8 Å². The molecule has 0 saturated heterocycles. The molecule has 1 aromatic carbocycles. The number of nitrogens with two attached hydrogens (primary N) is 1. The molecule has 1 heterocycles. The van der Waals surface area contributed by atoms with Crippen molar-refractivity contribution in [1.82, 2.24) is 10.3 Å². The lowest BCUT2D eigenvalue weighted by Gasteiger charge is -2.18. The number of pyridine rings is 1. The topological polar surface area (TPSA) is 50.9 Å². The van der Waals surface area contributed by atoms with Crippen molar-refractivity contribution in [3.8, 4) is 0 Å². The van der Waals surface area contributed by atoms with Gasteiger partial charge in [-0.1, -0.05) is 35.3 Å². The second-order valence-electron chi connectivity index (χ2n) is 3.87. The van der Waals surface area contributed by atoms with Crippen molar-refractivity contribution >= 4 is 29.0 Å². The van der Waals surface area contributed by atoms with Crippen LogP contribution in [0.25, 0.3) is 0 Å². The lowest BCUT2D eigenvalue weighted by Crippen LogP contribution is -2.19. The van der Waals surface area contributed by atoms with Gasteiger partial charge in [-0.2, -0.15) is 0 Å². The molecule has 2 rings (SSSR count). The number of benzene rings is 1. The fourth-order valence-electron chi connectivity index (χ4n) is 1.87. The van der Waals surface area contributed by atoms with Crippen LogP contribution < -0.4 is 11.1 Å². The van der Waals surface area contributed by atoms with Gasteiger partial charge in [0.2, 0.25) is 0 Å². The van der Waals surface area contributed by atoms with E-state index >= 15 is 0 Å². The Morgan fingerprint density at radius 1 is 1.22 bits per heavy atom. The van der Waals surface area contributed by atoms with Gasteiger partial charge in [-0.3, -0.25) is 0 Å². The van der Waals surface area contributed by atoms with Gasteiger partial charge < -0.3 is 11.1 Å². The number of anilines is 1. The quantitative estimate of drug-likeness (QED) is 0.908. The highest BCUT2D eigenvalue weighted by atomic mass is 35.5. The molecule has 3 nitrogen and oxygen atoms in total. The summed E-state index contributed by atoms with van der Waals surface area (Å²) in [6, 6.07) is 9.25. The van der Waals surface area contributed by atoms with Crippen molar-refractivity contribution in [1.29, 1.82) is 0 Å². The van der Waals surface area contributed by atoms with Crippen LogP contribution in [0.5, 0.6) is 0 Å². The second kappa shape index (κ2) is 5.57. The molecule has 3 N–H and O–H groups in total. The summed E-state index contributed by atoms with van der Waals surface area (Å²) < 4.78 is 0. The smallest absolute Gasteiger partial charge is 0.128 e. The van der Waals surface area contributed by atoms with Gasteiger partial charge >= 0.3 is 0 Å². The number of nitrogens with one attached hydrogen (secondary N) is 1. The molecule has 94 valence electrons. The van der Waals surface area contributed by atoms with E-state index in [-0.39, 0.29) is 6.04 Å². The summed E-state index contributed by atoms with van der Waals surface area (Å²) >= 11 is 12.0. The first-order chi connectivity index (χ1) is 8.63. The summed E-state index contributed by atoms with van der Waals surface area (Å²) in [6.07, 6.45) is 1.67. The Labute approximate surface area is 116 Å². The van der Waals surface area contributed by atoms with E-state index in [4.69, 9.17) is 28.9 Å². The zero-order chi connectivity index (χ0) is 13.1. The number of nitrogens with zero attached hydrogens (tertiary/aromatic N) is 1. The molecule has 1 unspecified atom stereocenters. The van der Waals surface area contributed by atoms with E-state index in [1.54, 1.807) is 12.3 Å². The molecular formula is C13H13Cl2N3. The van der Waals surface area contributed by atoms with Gasteiger partial charge in [-0.05, 0) is 30.8 Å². The average molecular weight is 282 g/mol. The maximum Gasteiger partial charge on any atom is 0.128 e. The van der Waals surface area contributed by atoms with E-state index in [0.29, 0.717) is 15.9 Å². The van der Waals surface area contributed by atoms with Gasteiger partial charge in [0.15, 0.2) is 0 Å². The molecule has 2 aromatic rings. The second-order valence-corrected chi connectivity index (χ2v) is 4.69. The van der Waals surface area contributed by atoms with Gasteiger partial charge in [0.05, 0.1) is 16.1 Å². The van der Waals surface area contributed by atoms with Crippen molar-refractivity contribution in [2.75, 3.05) is 12.8 Å². The lowest BCUT2D eigenvalue weighted by molar-refractivity contribution is 0.691. The minimum Gasteiger partial charge on any atom is -0.383 e. The molecule has 0 fully saturated rings. The van der Waals surface area contributed by atoms with Crippen LogP contribution in [0.3, 0.4) is 0 Å². The molecule has 5 heteroatoms. The third-order valence-corrected chi connectivity index (χ3v) is 3.49. The van der Waals surface area contributed by atoms with Crippen LogP contribution in [-0.4, -0.2) is 12.0 Å². The van der Waals surface area contributed by atoms with Crippen LogP contribution in [0.15, 0.2) is 36.5 Å². The molecule has 1 aromatic heterocycles. The largest absolute Gasteiger partial charge is 0.383 e. The zero-order valence-electron chi connectivity index (χ0n) is 9.82. The highest BCUT2D eigenvalue weighted by Crippen LogP contribution is 2.30. The Bertz CT molecular complexity index is 558. The highest BCUT2D eigenvalue weighted by molar-refractivity contribution is 6.42. The van der Waals surface area contributed by atoms with Crippen LogP contribution >= 0.6 is 23.2 Å². The molecule has 0 aliphatic heterocycles. The molecule has 0 bridgehead atoms. The molecule has 0 radical (unpaired) electrons. The molecule has 0 amide bonds. The van der Waals surface area contributed by atoms with Crippen molar-refractivity contribution < 1.29 is 0 Å². The summed E-state index contributed by atoms with van der Waals surface area (Å²) in [5.41, 5.74) is 7.80. The first-order valence-electron chi connectivity index (χ1n) is 5.46. The average Bonchev–Trinajstić information content (AvgIpc) is 2.37. The fraction of sp³-hybridized carbons (Fsp3) is 0.154. The predicted molar refractivity (Wildman–Crippen MR) is 76.0 cm³/mol. The first kappa shape index (κ1) is 13.1. The third kappa shape index (κ3) is 2.58. The van der Waals surface area contributed by atoms with Crippen LogP contribution in [-0.2, 0) is 0 Å². The lowest BCUT2D eigenvalue weighted by atomic mass is 9.99. The minimum atomic E-state index is -0.0616. The van der Waals surface area contributed by atoms with E-state index in [0.717, 1.165) is 11.1 Å². The van der Waals surface area contributed by atoms with E-state index < -0.39 is 0 Å². The van der Waals surface area contributed by atoms with E-state index in [1.165, 1.54) is 0 Å². The molecule has 0 spiro atoms. The molecular weight excluding hydrogens is 269 g/mol. The number of rotatable bonds is 3. The summed E-state index contributed by atoms with van der Waals surface area (Å²) in [7, 11) is 1.86. The number of aromatic nitrogens is 1. The molecule has 1 atom stereocenters. The van der Waals surface area contributed by atoms with E-state index in [1.807, 2.05) is 31.3 Å². The summed E-state index contributed by atoms with van der Waals surface area (Å²) in [6.45, 7) is 0. The van der Waals surface area contributed by atoms with Crippen molar-refractivity contribution in [3.05, 3.63) is 57.7 Å². The van der Waals surface area contributed by atoms with Crippen molar-refractivity contribution in [2.24, 2.45) is 0 Å². The number of hydrogen-bond acceptors (Lipinski definition) is 3. The molecule has 0 aliphatic rings. The van der Waals surface area contributed by atoms with Crippen molar-refractivity contribution in [3.63, 3.8) is 0 Å². The minimum absolute atomic E-state index is 0.0616. The maximum absolute atomic E-state index is 6.04. The van der Waals surface area contributed by atoms with Gasteiger partial charge in [-0.15, -0.1) is 0 Å². The zero-order valence-corrected chi connectivity index (χ0v) is 11.3. The number of hydrogen-bond donors (Lipinski definition) is 2. The first-order valence-corrected chi connectivity index (χ1v) is 6.21. The molecule has 0 saturated carbocycles. The number of halogens is 2. The standard InChI is InChI=1S/C13H13Cl2N3/c1-17-12(9-3-2-6-18-13(9)16)8-4-5-10(14)11(15)7-8/h2-7,12,17H,1H3,(H2,16,18).